The maximum Gasteiger partial charge on any atom is 0.258 e. The van der Waals surface area contributed by atoms with Crippen LogP contribution in [-0.4, -0.2) is 92.2 Å². The highest BCUT2D eigenvalue weighted by molar-refractivity contribution is 6.01. The Morgan fingerprint density at radius 2 is 1.77 bits per heavy atom. The molecule has 0 unspecified atom stereocenters. The van der Waals surface area contributed by atoms with Gasteiger partial charge in [-0.25, -0.2) is 9.97 Å². The van der Waals surface area contributed by atoms with Gasteiger partial charge in [-0.3, -0.25) is 24.6 Å². The summed E-state index contributed by atoms with van der Waals surface area (Å²) >= 11 is 0. The summed E-state index contributed by atoms with van der Waals surface area (Å²) in [5.41, 5.74) is 6.45. The summed E-state index contributed by atoms with van der Waals surface area (Å²) in [6, 6.07) is 19.6. The number of methoxy groups -OCH3 is 1. The highest BCUT2D eigenvalue weighted by Gasteiger charge is 2.45. The van der Waals surface area contributed by atoms with Crippen molar-refractivity contribution in [2.75, 3.05) is 45.2 Å². The number of aromatic amines is 1. The molecule has 1 atom stereocenters. The fourth-order valence-electron chi connectivity index (χ4n) is 6.42. The largest absolute Gasteiger partial charge is 0.367 e. The topological polar surface area (TPSA) is 129 Å². The summed E-state index contributed by atoms with van der Waals surface area (Å²) in [7, 11) is 1.56. The van der Waals surface area contributed by atoms with Gasteiger partial charge in [0.2, 0.25) is 5.91 Å². The second-order valence-electron chi connectivity index (χ2n) is 12.1. The zero-order chi connectivity index (χ0) is 32.4. The Morgan fingerprint density at radius 3 is 2.51 bits per heavy atom. The molecule has 2 aromatic carbocycles. The molecule has 7 rings (SSSR count). The van der Waals surface area contributed by atoms with Gasteiger partial charge in [0.15, 0.2) is 11.4 Å². The molecule has 11 heteroatoms. The quantitative estimate of drug-likeness (QED) is 0.252. The van der Waals surface area contributed by atoms with Crippen LogP contribution in [0, 0.1) is 6.92 Å². The van der Waals surface area contributed by atoms with Crippen LogP contribution < -0.4 is 5.32 Å². The van der Waals surface area contributed by atoms with Crippen LogP contribution in [0.15, 0.2) is 85.3 Å². The fraction of sp³-hybridized carbons (Fsp3) is 0.278. The Kier molecular flexibility index (Phi) is 8.32. The lowest BCUT2D eigenvalue weighted by molar-refractivity contribution is -0.138. The van der Waals surface area contributed by atoms with Crippen molar-refractivity contribution in [3.63, 3.8) is 0 Å². The van der Waals surface area contributed by atoms with Crippen molar-refractivity contribution < 1.29 is 14.3 Å². The van der Waals surface area contributed by atoms with Crippen LogP contribution >= 0.6 is 0 Å². The van der Waals surface area contributed by atoms with Crippen molar-refractivity contribution in [2.45, 2.75) is 25.4 Å². The van der Waals surface area contributed by atoms with Crippen molar-refractivity contribution in [3.05, 3.63) is 96.6 Å². The number of H-pyrrole nitrogens is 1. The molecule has 2 amide bonds. The molecule has 0 bridgehead atoms. The number of ether oxygens (including phenoxy) is 1. The van der Waals surface area contributed by atoms with Gasteiger partial charge in [0.1, 0.15) is 5.69 Å². The lowest BCUT2D eigenvalue weighted by atomic mass is 9.98. The molecule has 0 radical (unpaired) electrons. The minimum Gasteiger partial charge on any atom is -0.367 e. The summed E-state index contributed by atoms with van der Waals surface area (Å²) in [4.78, 5) is 43.8. The van der Waals surface area contributed by atoms with Crippen molar-refractivity contribution in [2.24, 2.45) is 0 Å². The number of hydrogen-bond acceptors (Lipinski definition) is 8. The minimum atomic E-state index is -1.05. The molecular formula is C36H36N8O3. The number of pyridine rings is 1. The average molecular weight is 629 g/mol. The van der Waals surface area contributed by atoms with Gasteiger partial charge < -0.3 is 15.0 Å². The summed E-state index contributed by atoms with van der Waals surface area (Å²) in [5, 5.41) is 11.5. The first-order valence-corrected chi connectivity index (χ1v) is 15.8. The van der Waals surface area contributed by atoms with E-state index in [9.17, 15) is 9.59 Å². The molecule has 238 valence electrons. The van der Waals surface area contributed by atoms with E-state index in [0.29, 0.717) is 44.1 Å². The number of aromatic nitrogens is 5. The van der Waals surface area contributed by atoms with Gasteiger partial charge in [0, 0.05) is 79.8 Å². The van der Waals surface area contributed by atoms with Crippen LogP contribution in [0.25, 0.3) is 39.1 Å². The first kappa shape index (κ1) is 30.4. The predicted octanol–water partition coefficient (Wildman–Crippen LogP) is 4.74. The van der Waals surface area contributed by atoms with E-state index in [4.69, 9.17) is 4.74 Å². The number of carbonyl (C=O) groups is 2. The van der Waals surface area contributed by atoms with Crippen LogP contribution in [0.2, 0.25) is 0 Å². The number of benzene rings is 2. The van der Waals surface area contributed by atoms with Gasteiger partial charge in [-0.1, -0.05) is 30.3 Å². The summed E-state index contributed by atoms with van der Waals surface area (Å²) in [6.45, 7) is 4.31. The van der Waals surface area contributed by atoms with E-state index < -0.39 is 5.60 Å². The first-order valence-electron chi connectivity index (χ1n) is 15.8. The van der Waals surface area contributed by atoms with E-state index in [2.05, 4.69) is 48.7 Å². The summed E-state index contributed by atoms with van der Waals surface area (Å²) < 4.78 is 5.85. The Labute approximate surface area is 272 Å². The molecule has 5 aromatic rings. The lowest BCUT2D eigenvalue weighted by Gasteiger charge is -2.30. The fourth-order valence-corrected chi connectivity index (χ4v) is 6.42. The highest BCUT2D eigenvalue weighted by Crippen LogP contribution is 2.31. The van der Waals surface area contributed by atoms with E-state index in [1.807, 2.05) is 59.2 Å². The second kappa shape index (κ2) is 12.9. The number of nitrogens with one attached hydrogen (secondary N) is 2. The predicted molar refractivity (Wildman–Crippen MR) is 180 cm³/mol. The van der Waals surface area contributed by atoms with Gasteiger partial charge in [-0.2, -0.15) is 5.10 Å². The average Bonchev–Trinajstić information content (AvgIpc) is 3.73. The van der Waals surface area contributed by atoms with E-state index in [0.717, 1.165) is 45.4 Å². The number of rotatable bonds is 8. The number of nitrogens with zero attached hydrogens (tertiary/aromatic N) is 6. The van der Waals surface area contributed by atoms with Crippen LogP contribution in [0.4, 0.5) is 5.69 Å². The molecule has 0 saturated carbocycles. The zero-order valence-corrected chi connectivity index (χ0v) is 26.4. The monoisotopic (exact) mass is 628 g/mol. The Balaban J connectivity index is 0.963. The number of amides is 2. The third-order valence-electron chi connectivity index (χ3n) is 9.11. The van der Waals surface area contributed by atoms with E-state index in [1.54, 1.807) is 31.8 Å². The van der Waals surface area contributed by atoms with Gasteiger partial charge in [-0.05, 0) is 67.3 Å². The first-order chi connectivity index (χ1) is 22.9. The molecule has 11 nitrogen and oxygen atoms in total. The molecule has 0 spiro atoms. The SMILES string of the molecule is CO[C@@]1(C(=O)Nc2ccc3[nH]nc(-c4ccnc(C)c4)c3c2)CCN(CC(=O)N2CC=C(c3ccc(-c4ncccn4)cc3)CC2)C1. The molecule has 3 aromatic heterocycles. The molecule has 2 aliphatic rings. The molecular weight excluding hydrogens is 592 g/mol. The van der Waals surface area contributed by atoms with Gasteiger partial charge in [-0.15, -0.1) is 0 Å². The van der Waals surface area contributed by atoms with Gasteiger partial charge in [0.05, 0.1) is 12.1 Å². The minimum absolute atomic E-state index is 0.0495. The molecule has 1 saturated heterocycles. The summed E-state index contributed by atoms with van der Waals surface area (Å²) in [6.07, 6.45) is 8.64. The molecule has 2 aliphatic heterocycles. The van der Waals surface area contributed by atoms with Crippen LogP contribution in [-0.2, 0) is 14.3 Å². The smallest absolute Gasteiger partial charge is 0.258 e. The van der Waals surface area contributed by atoms with E-state index in [1.165, 1.54) is 5.57 Å². The number of aryl methyl sites for hydroxylation is 1. The van der Waals surface area contributed by atoms with Crippen molar-refractivity contribution >= 4 is 34.0 Å². The number of likely N-dealkylation sites (tertiary alicyclic amines) is 1. The normalized spacial score (nSPS) is 18.3. The maximum atomic E-state index is 13.6. The molecule has 1 fully saturated rings. The maximum absolute atomic E-state index is 13.6. The third-order valence-corrected chi connectivity index (χ3v) is 9.11. The zero-order valence-electron chi connectivity index (χ0n) is 26.4. The van der Waals surface area contributed by atoms with E-state index in [-0.39, 0.29) is 18.4 Å². The van der Waals surface area contributed by atoms with Crippen LogP contribution in [0.1, 0.15) is 24.1 Å². The molecule has 5 heterocycles. The van der Waals surface area contributed by atoms with Gasteiger partial charge in [0.25, 0.3) is 5.91 Å². The van der Waals surface area contributed by atoms with Gasteiger partial charge >= 0.3 is 0 Å². The van der Waals surface area contributed by atoms with Crippen molar-refractivity contribution in [3.8, 4) is 22.6 Å². The second-order valence-corrected chi connectivity index (χ2v) is 12.1. The third kappa shape index (κ3) is 6.27. The van der Waals surface area contributed by atoms with Crippen LogP contribution in [0.5, 0.6) is 0 Å². The number of fused-ring (bicyclic) bond motifs is 1. The molecule has 0 aliphatic carbocycles. The Bertz CT molecular complexity index is 1960. The number of anilines is 1. The Morgan fingerprint density at radius 1 is 0.957 bits per heavy atom. The summed E-state index contributed by atoms with van der Waals surface area (Å²) in [5.74, 6) is 0.523. The van der Waals surface area contributed by atoms with Crippen molar-refractivity contribution in [1.82, 2.24) is 34.9 Å². The Hall–Kier alpha value is -5.26. The highest BCUT2D eigenvalue weighted by atomic mass is 16.5. The molecule has 47 heavy (non-hydrogen) atoms. The molecule has 2 N–H and O–H groups in total. The van der Waals surface area contributed by atoms with E-state index >= 15 is 0 Å². The lowest BCUT2D eigenvalue weighted by Crippen LogP contribution is -2.48. The standard InChI is InChI=1S/C36H36N8O3/c1-24-20-28(10-16-37-24)33-30-21-29(8-9-31(30)41-42-33)40-35(46)36(47-2)13-19-43(23-36)22-32(45)44-17-11-26(12-18-44)25-4-6-27(7-5-25)34-38-14-3-15-39-34/h3-11,14-16,20-21H,12-13,17-19,22-23H2,1-2H3,(H,40,46)(H,41,42)/t36-/m0/s1. The van der Waals surface area contributed by atoms with Crippen LogP contribution in [0.3, 0.4) is 0 Å². The van der Waals surface area contributed by atoms with Crippen molar-refractivity contribution in [1.29, 1.82) is 0 Å². The number of hydrogen-bond donors (Lipinski definition) is 2. The number of carbonyl (C=O) groups excluding carboxylic acids is 2.